The summed E-state index contributed by atoms with van der Waals surface area (Å²) in [7, 11) is 0. The molecule has 1 aliphatic rings. The average Bonchev–Trinajstić information content (AvgIpc) is 2.12. The Morgan fingerprint density at radius 2 is 1.77 bits per heavy atom. The summed E-state index contributed by atoms with van der Waals surface area (Å²) in [6, 6.07) is -0.0959. The highest BCUT2D eigenvalue weighted by molar-refractivity contribution is 4.91. The largest absolute Gasteiger partial charge is 0.388 e. The van der Waals surface area contributed by atoms with Crippen molar-refractivity contribution in [1.82, 2.24) is 0 Å². The first-order valence-corrected chi connectivity index (χ1v) is 5.34. The van der Waals surface area contributed by atoms with Gasteiger partial charge in [0.1, 0.15) is 0 Å². The van der Waals surface area contributed by atoms with Crippen molar-refractivity contribution in [3.05, 3.63) is 0 Å². The second kappa shape index (κ2) is 3.58. The Morgan fingerprint density at radius 3 is 2.31 bits per heavy atom. The molecule has 1 rings (SSSR count). The molecule has 0 aromatic rings. The molecule has 3 N–H and O–H groups in total. The lowest BCUT2D eigenvalue weighted by molar-refractivity contribution is 0.00262. The van der Waals surface area contributed by atoms with Crippen LogP contribution in [0.5, 0.6) is 0 Å². The summed E-state index contributed by atoms with van der Waals surface area (Å²) in [5.41, 5.74) is 5.59. The molecule has 0 bridgehead atoms. The van der Waals surface area contributed by atoms with Crippen molar-refractivity contribution in [1.29, 1.82) is 0 Å². The van der Waals surface area contributed by atoms with Crippen molar-refractivity contribution in [2.45, 2.75) is 64.5 Å². The zero-order valence-electron chi connectivity index (χ0n) is 9.14. The summed E-state index contributed by atoms with van der Waals surface area (Å²) >= 11 is 0. The van der Waals surface area contributed by atoms with Gasteiger partial charge in [0.05, 0.1) is 5.60 Å². The van der Waals surface area contributed by atoms with Crippen LogP contribution in [-0.4, -0.2) is 16.7 Å². The summed E-state index contributed by atoms with van der Waals surface area (Å²) in [6.07, 6.45) is 5.13. The number of hydrogen-bond donors (Lipinski definition) is 2. The van der Waals surface area contributed by atoms with Crippen molar-refractivity contribution in [2.24, 2.45) is 11.1 Å². The van der Waals surface area contributed by atoms with E-state index in [4.69, 9.17) is 5.73 Å². The van der Waals surface area contributed by atoms with Crippen LogP contribution < -0.4 is 5.73 Å². The molecule has 0 saturated heterocycles. The Kier molecular flexibility index (Phi) is 3.03. The van der Waals surface area contributed by atoms with Crippen LogP contribution in [0.1, 0.15) is 52.9 Å². The zero-order valence-corrected chi connectivity index (χ0v) is 9.14. The molecule has 1 fully saturated rings. The minimum atomic E-state index is -0.603. The third-order valence-corrected chi connectivity index (χ3v) is 3.55. The maximum Gasteiger partial charge on any atom is 0.0795 e. The molecule has 13 heavy (non-hydrogen) atoms. The second-order valence-electron chi connectivity index (χ2n) is 5.41. The van der Waals surface area contributed by atoms with Gasteiger partial charge in [-0.25, -0.2) is 0 Å². The molecule has 2 heteroatoms. The molecule has 0 aromatic carbocycles. The van der Waals surface area contributed by atoms with Crippen molar-refractivity contribution in [3.8, 4) is 0 Å². The lowest BCUT2D eigenvalue weighted by Crippen LogP contribution is -2.45. The molecular weight excluding hydrogens is 162 g/mol. The van der Waals surface area contributed by atoms with Crippen LogP contribution in [0.4, 0.5) is 0 Å². The van der Waals surface area contributed by atoms with Gasteiger partial charge in [0, 0.05) is 6.04 Å². The van der Waals surface area contributed by atoms with E-state index in [0.717, 1.165) is 25.7 Å². The molecule has 1 aliphatic carbocycles. The van der Waals surface area contributed by atoms with E-state index >= 15 is 0 Å². The molecule has 0 spiro atoms. The quantitative estimate of drug-likeness (QED) is 0.614. The SMILES string of the molecule is CC(N)C1(O)CCCC(C)(C)CC1. The van der Waals surface area contributed by atoms with E-state index in [-0.39, 0.29) is 6.04 Å². The molecule has 1 saturated carbocycles. The topological polar surface area (TPSA) is 46.2 Å². The molecular formula is C11H23NO. The van der Waals surface area contributed by atoms with Gasteiger partial charge in [0.2, 0.25) is 0 Å². The highest BCUT2D eigenvalue weighted by atomic mass is 16.3. The van der Waals surface area contributed by atoms with E-state index in [0.29, 0.717) is 5.41 Å². The highest BCUT2D eigenvalue weighted by Gasteiger charge is 2.36. The second-order valence-corrected chi connectivity index (χ2v) is 5.41. The predicted molar refractivity (Wildman–Crippen MR) is 55.5 cm³/mol. The lowest BCUT2D eigenvalue weighted by atomic mass is 9.83. The Labute approximate surface area is 81.5 Å². The van der Waals surface area contributed by atoms with E-state index < -0.39 is 5.60 Å². The number of nitrogens with two attached hydrogens (primary N) is 1. The fraction of sp³-hybridized carbons (Fsp3) is 1.00. The number of rotatable bonds is 1. The Bertz CT molecular complexity index is 177. The van der Waals surface area contributed by atoms with Crippen LogP contribution in [0.2, 0.25) is 0 Å². The predicted octanol–water partition coefficient (Wildman–Crippen LogP) is 2.05. The molecule has 0 radical (unpaired) electrons. The van der Waals surface area contributed by atoms with Gasteiger partial charge in [0.25, 0.3) is 0 Å². The van der Waals surface area contributed by atoms with Gasteiger partial charge in [0.15, 0.2) is 0 Å². The Balaban J connectivity index is 2.63. The van der Waals surface area contributed by atoms with Crippen molar-refractivity contribution < 1.29 is 5.11 Å². The van der Waals surface area contributed by atoms with Gasteiger partial charge < -0.3 is 10.8 Å². The summed E-state index contributed by atoms with van der Waals surface area (Å²) in [4.78, 5) is 0. The van der Waals surface area contributed by atoms with Gasteiger partial charge in [-0.15, -0.1) is 0 Å². The lowest BCUT2D eigenvalue weighted by Gasteiger charge is -2.31. The first-order valence-electron chi connectivity index (χ1n) is 5.34. The van der Waals surface area contributed by atoms with Crippen molar-refractivity contribution >= 4 is 0 Å². The molecule has 0 amide bonds. The summed E-state index contributed by atoms with van der Waals surface area (Å²) in [5, 5.41) is 10.2. The fourth-order valence-corrected chi connectivity index (χ4v) is 2.13. The van der Waals surface area contributed by atoms with Crippen LogP contribution in [0, 0.1) is 5.41 Å². The summed E-state index contributed by atoms with van der Waals surface area (Å²) in [5.74, 6) is 0. The molecule has 2 atom stereocenters. The minimum absolute atomic E-state index is 0.0959. The molecule has 78 valence electrons. The molecule has 0 aromatic heterocycles. The number of hydrogen-bond acceptors (Lipinski definition) is 2. The molecule has 0 aliphatic heterocycles. The van der Waals surface area contributed by atoms with Crippen LogP contribution >= 0.6 is 0 Å². The van der Waals surface area contributed by atoms with Gasteiger partial charge in [-0.3, -0.25) is 0 Å². The van der Waals surface area contributed by atoms with Crippen LogP contribution in [0.3, 0.4) is 0 Å². The first kappa shape index (κ1) is 11.0. The smallest absolute Gasteiger partial charge is 0.0795 e. The summed E-state index contributed by atoms with van der Waals surface area (Å²) in [6.45, 7) is 6.47. The fourth-order valence-electron chi connectivity index (χ4n) is 2.13. The molecule has 2 nitrogen and oxygen atoms in total. The standard InChI is InChI=1S/C11H23NO/c1-9(12)11(13)6-4-5-10(2,3)7-8-11/h9,13H,4-8,12H2,1-3H3. The maximum absolute atomic E-state index is 10.2. The average molecular weight is 185 g/mol. The highest BCUT2D eigenvalue weighted by Crippen LogP contribution is 2.38. The van der Waals surface area contributed by atoms with E-state index in [2.05, 4.69) is 13.8 Å². The van der Waals surface area contributed by atoms with Crippen LogP contribution in [-0.2, 0) is 0 Å². The Hall–Kier alpha value is -0.0800. The van der Waals surface area contributed by atoms with Gasteiger partial charge in [-0.1, -0.05) is 20.3 Å². The summed E-state index contributed by atoms with van der Waals surface area (Å²) < 4.78 is 0. The first-order chi connectivity index (χ1) is 5.86. The third kappa shape index (κ3) is 2.68. The molecule has 2 unspecified atom stereocenters. The van der Waals surface area contributed by atoms with Crippen molar-refractivity contribution in [3.63, 3.8) is 0 Å². The number of aliphatic hydroxyl groups is 1. The maximum atomic E-state index is 10.2. The monoisotopic (exact) mass is 185 g/mol. The van der Waals surface area contributed by atoms with Gasteiger partial charge >= 0.3 is 0 Å². The molecule has 0 heterocycles. The third-order valence-electron chi connectivity index (χ3n) is 3.55. The van der Waals surface area contributed by atoms with E-state index in [1.54, 1.807) is 0 Å². The van der Waals surface area contributed by atoms with Gasteiger partial charge in [-0.05, 0) is 38.0 Å². The van der Waals surface area contributed by atoms with E-state index in [9.17, 15) is 5.11 Å². The zero-order chi connectivity index (χ0) is 10.1. The van der Waals surface area contributed by atoms with Gasteiger partial charge in [-0.2, -0.15) is 0 Å². The Morgan fingerprint density at radius 1 is 1.15 bits per heavy atom. The normalized spacial score (nSPS) is 36.7. The van der Waals surface area contributed by atoms with Crippen LogP contribution in [0.15, 0.2) is 0 Å². The van der Waals surface area contributed by atoms with Crippen LogP contribution in [0.25, 0.3) is 0 Å². The van der Waals surface area contributed by atoms with E-state index in [1.165, 1.54) is 6.42 Å². The van der Waals surface area contributed by atoms with E-state index in [1.807, 2.05) is 6.92 Å². The van der Waals surface area contributed by atoms with Crippen molar-refractivity contribution in [2.75, 3.05) is 0 Å². The minimum Gasteiger partial charge on any atom is -0.388 e.